The first-order chi connectivity index (χ1) is 43.8. The van der Waals surface area contributed by atoms with E-state index in [4.69, 9.17) is 5.73 Å². The summed E-state index contributed by atoms with van der Waals surface area (Å²) < 4.78 is 0. The molecule has 91 heavy (non-hydrogen) atoms. The van der Waals surface area contributed by atoms with Crippen LogP contribution in [0, 0.1) is 0 Å². The number of phenolic OH excluding ortho intramolecular Hbond substituents is 1. The minimum Gasteiger partial charge on any atom is -0.508 e. The van der Waals surface area contributed by atoms with Crippen molar-refractivity contribution in [2.24, 2.45) is 10.7 Å². The van der Waals surface area contributed by atoms with Crippen LogP contribution in [0.25, 0.3) is 0 Å². The monoisotopic (exact) mass is 1270 g/mol. The maximum Gasteiger partial charge on any atom is 0.344 e. The van der Waals surface area contributed by atoms with Crippen molar-refractivity contribution < 1.29 is 58.8 Å². The average Bonchev–Trinajstić information content (AvgIpc) is 0.871. The number of urea groups is 1. The van der Waals surface area contributed by atoms with Crippen LogP contribution in [0.5, 0.6) is 5.75 Å². The number of benzene rings is 3. The minimum atomic E-state index is -1.05. The maximum atomic E-state index is 14.4. The molecular formula is C62H89N15O14. The van der Waals surface area contributed by atoms with Crippen molar-refractivity contribution in [1.82, 2.24) is 51.5 Å². The third-order valence-electron chi connectivity index (χ3n) is 15.0. The topological polar surface area (TPSA) is 411 Å². The van der Waals surface area contributed by atoms with Gasteiger partial charge in [0.2, 0.25) is 17.7 Å². The number of carbonyl (C=O) groups is 8. The van der Waals surface area contributed by atoms with Crippen LogP contribution < -0.4 is 64.4 Å². The largest absolute Gasteiger partial charge is 0.508 e. The fraction of sp³-hybridized carbons (Fsp3) is 0.500. The lowest BCUT2D eigenvalue weighted by Gasteiger charge is -2.35. The second kappa shape index (κ2) is 39.9. The Morgan fingerprint density at radius 1 is 0.571 bits per heavy atom. The predicted octanol–water partition coefficient (Wildman–Crippen LogP) is 0.318. The van der Waals surface area contributed by atoms with Crippen molar-refractivity contribution in [3.05, 3.63) is 116 Å². The van der Waals surface area contributed by atoms with Gasteiger partial charge in [0.25, 0.3) is 10.9 Å². The Morgan fingerprint density at radius 3 is 1.66 bits per heavy atom. The zero-order valence-corrected chi connectivity index (χ0v) is 51.6. The highest BCUT2D eigenvalue weighted by Crippen LogP contribution is 2.27. The van der Waals surface area contributed by atoms with Gasteiger partial charge in [-0.15, -0.1) is 0 Å². The number of anilines is 3. The number of aliphatic imine (C=N–C) groups is 1. The molecule has 29 heteroatoms. The zero-order valence-electron chi connectivity index (χ0n) is 51.6. The number of aliphatic carboxylic acids is 3. The molecule has 1 heterocycles. The quantitative estimate of drug-likeness (QED) is 0.00944. The molecule has 5 rings (SSSR count). The van der Waals surface area contributed by atoms with Crippen molar-refractivity contribution in [2.75, 3.05) is 134 Å². The summed E-state index contributed by atoms with van der Waals surface area (Å²) in [5.41, 5.74) is 8.08. The molecule has 0 saturated carbocycles. The Hall–Kier alpha value is -9.03. The van der Waals surface area contributed by atoms with Gasteiger partial charge in [0.05, 0.1) is 25.6 Å². The summed E-state index contributed by atoms with van der Waals surface area (Å²) in [6.45, 7) is 5.64. The number of nitrogens with two attached hydrogens (primary N) is 1. The number of nitrogens with zero attached hydrogens (tertiary/aromatic N) is 5. The van der Waals surface area contributed by atoms with Crippen LogP contribution in [0.4, 0.5) is 21.9 Å². The number of phenols is 1. The number of amides is 5. The van der Waals surface area contributed by atoms with Crippen molar-refractivity contribution in [3.63, 3.8) is 0 Å². The molecule has 4 aromatic rings. The number of carbonyl (C=O) groups excluding carboxylic acids is 5. The van der Waals surface area contributed by atoms with Gasteiger partial charge in [-0.3, -0.25) is 63.3 Å². The molecule has 1 fully saturated rings. The first kappa shape index (κ1) is 72.7. The second-order valence-corrected chi connectivity index (χ2v) is 21.9. The molecule has 0 aliphatic carbocycles. The highest BCUT2D eigenvalue weighted by Gasteiger charge is 2.29. The molecule has 29 nitrogen and oxygen atoms in total. The first-order valence-electron chi connectivity index (χ1n) is 30.8. The normalized spacial score (nSPS) is 14.9. The molecule has 0 bridgehead atoms. The third kappa shape index (κ3) is 26.9. The lowest BCUT2D eigenvalue weighted by Crippen LogP contribution is -2.54. The van der Waals surface area contributed by atoms with E-state index in [0.717, 1.165) is 30.4 Å². The van der Waals surface area contributed by atoms with Crippen LogP contribution in [0.1, 0.15) is 80.9 Å². The van der Waals surface area contributed by atoms with Gasteiger partial charge < -0.3 is 73.5 Å². The number of hydrogen-bond acceptors (Lipinski definition) is 19. The first-order valence-corrected chi connectivity index (χ1v) is 30.8. The number of guanidine groups is 1. The van der Waals surface area contributed by atoms with E-state index in [9.17, 15) is 68.4 Å². The number of carboxylic acids is 3. The highest BCUT2D eigenvalue weighted by atomic mass is 16.4. The van der Waals surface area contributed by atoms with Crippen molar-refractivity contribution in [3.8, 4) is 5.75 Å². The van der Waals surface area contributed by atoms with Crippen LogP contribution in [0.2, 0.25) is 0 Å². The number of rotatable bonds is 38. The van der Waals surface area contributed by atoms with E-state index in [1.165, 1.54) is 12.1 Å². The van der Waals surface area contributed by atoms with Gasteiger partial charge in [0, 0.05) is 110 Å². The molecule has 1 saturated heterocycles. The molecule has 1 aliphatic heterocycles. The van der Waals surface area contributed by atoms with E-state index >= 15 is 0 Å². The Bertz CT molecular complexity index is 3020. The highest BCUT2D eigenvalue weighted by molar-refractivity contribution is 5.93. The molecule has 0 aromatic heterocycles. The second-order valence-electron chi connectivity index (χ2n) is 21.9. The Balaban J connectivity index is 1.07. The molecule has 1 unspecified atom stereocenters. The van der Waals surface area contributed by atoms with Gasteiger partial charge in [0.1, 0.15) is 29.3 Å². The Morgan fingerprint density at radius 2 is 1.10 bits per heavy atom. The Kier molecular flexibility index (Phi) is 31.9. The predicted molar refractivity (Wildman–Crippen MR) is 344 cm³/mol. The zero-order chi connectivity index (χ0) is 65.9. The standard InChI is InChI=1S/C62H89N15O14/c1-2-50(80)66-28-29-70-62(91)73-61(63)69-25-10-14-48(59(89)71-38-43-15-21-47(79)22-16-43)72-60(90)54(44-12-6-5-7-13-44)45-17-19-46(20-18-45)64-26-11-27-68-56-55(57(87)58(56)88)67-24-9-4-3-8-23-65-49(42-78)77-36-34-75(40-52(83)84)32-30-74(39-51(81)82)31-33-76(35-37-77)41-53(85)86/h5-7,12-13,15-22,42,48-49,54,64-65,67-68,79H,2-4,8-11,14,23-41H2,1H3,(H,66,80)(H,71,89)(H,72,90)(H,81,82)(H,83,84)(H,85,86)(H4,63,69,70,73,91)/t48-,49?,54-/m1/s1. The molecule has 3 atom stereocenters. The van der Waals surface area contributed by atoms with E-state index < -0.39 is 64.7 Å². The molecule has 0 radical (unpaired) electrons. The van der Waals surface area contributed by atoms with Gasteiger partial charge in [0.15, 0.2) is 12.2 Å². The number of aldehydes is 1. The van der Waals surface area contributed by atoms with Gasteiger partial charge in [-0.25, -0.2) is 4.79 Å². The Labute approximate surface area is 528 Å². The van der Waals surface area contributed by atoms with Gasteiger partial charge in [-0.05, 0) is 79.6 Å². The molecule has 5 amide bonds. The molecule has 0 spiro atoms. The number of nitrogens with one attached hydrogen (secondary N) is 9. The van der Waals surface area contributed by atoms with Gasteiger partial charge in [-0.1, -0.05) is 74.4 Å². The third-order valence-corrected chi connectivity index (χ3v) is 15.0. The fourth-order valence-corrected chi connectivity index (χ4v) is 10.1. The average molecular weight is 1270 g/mol. The van der Waals surface area contributed by atoms with Crippen molar-refractivity contribution in [2.45, 2.75) is 83.0 Å². The van der Waals surface area contributed by atoms with E-state index in [0.29, 0.717) is 82.5 Å². The van der Waals surface area contributed by atoms with Crippen LogP contribution in [0.3, 0.4) is 0 Å². The lowest BCUT2D eigenvalue weighted by atomic mass is 9.90. The number of carboxylic acid groups (broad SMARTS) is 3. The van der Waals surface area contributed by atoms with Crippen LogP contribution in [-0.2, 0) is 40.1 Å². The summed E-state index contributed by atoms with van der Waals surface area (Å²) in [5.74, 6) is -5.04. The van der Waals surface area contributed by atoms with E-state index in [1.807, 2.05) is 59.5 Å². The number of aromatic hydroxyl groups is 1. The summed E-state index contributed by atoms with van der Waals surface area (Å²) in [6, 6.07) is 21.2. The number of unbranched alkanes of at least 4 members (excludes halogenated alkanes) is 3. The van der Waals surface area contributed by atoms with Crippen molar-refractivity contribution >= 4 is 71.0 Å². The van der Waals surface area contributed by atoms with Crippen LogP contribution in [0.15, 0.2) is 93.4 Å². The lowest BCUT2D eigenvalue weighted by molar-refractivity contribution is -0.140. The summed E-state index contributed by atoms with van der Waals surface area (Å²) >= 11 is 0. The summed E-state index contributed by atoms with van der Waals surface area (Å²) in [5, 5.41) is 65.0. The summed E-state index contributed by atoms with van der Waals surface area (Å²) in [4.78, 5) is 135. The van der Waals surface area contributed by atoms with E-state index in [-0.39, 0.29) is 120 Å². The smallest absolute Gasteiger partial charge is 0.344 e. The summed E-state index contributed by atoms with van der Waals surface area (Å²) in [6.07, 6.45) is 4.44. The molecular weight excluding hydrogens is 1180 g/mol. The number of hydrogen-bond donors (Lipinski definition) is 14. The van der Waals surface area contributed by atoms with Crippen molar-refractivity contribution in [1.29, 1.82) is 0 Å². The van der Waals surface area contributed by atoms with Crippen LogP contribution in [-0.4, -0.2) is 224 Å². The van der Waals surface area contributed by atoms with E-state index in [2.05, 4.69) is 52.8 Å². The van der Waals surface area contributed by atoms with E-state index in [1.54, 1.807) is 33.8 Å². The molecule has 1 aliphatic rings. The summed E-state index contributed by atoms with van der Waals surface area (Å²) in [7, 11) is 0. The van der Waals surface area contributed by atoms with Gasteiger partial charge >= 0.3 is 23.9 Å². The minimum absolute atomic E-state index is 0.0753. The van der Waals surface area contributed by atoms with Crippen LogP contribution >= 0.6 is 0 Å². The maximum absolute atomic E-state index is 14.4. The fourth-order valence-electron chi connectivity index (χ4n) is 10.1. The molecule has 15 N–H and O–H groups in total. The SMILES string of the molecule is CCC(=O)NCCNC(=O)/N=C(/N)NCCC[C@@H](NC(=O)[C@H](c1ccccc1)c1ccc(NCCCNc2c(NCCCCCCNC(C=O)N3CCN(CC(=O)O)CCN(CC(=O)O)CCN(CC(=O)O)CC3)c(=O)c2=O)cc1)C(=O)NCc1ccc(O)cc1. The molecule has 496 valence electrons. The molecule has 4 aromatic carbocycles. The van der Waals surface area contributed by atoms with Gasteiger partial charge in [-0.2, -0.15) is 4.99 Å².